The molecule has 2 N–H and O–H groups in total. The molecule has 0 amide bonds. The molecule has 1 unspecified atom stereocenters. The molecular formula is C12H17N5. The first kappa shape index (κ1) is 11.7. The molecule has 2 aromatic rings. The van der Waals surface area contributed by atoms with E-state index < -0.39 is 0 Å². The van der Waals surface area contributed by atoms with Crippen LogP contribution in [0.2, 0.25) is 0 Å². The van der Waals surface area contributed by atoms with Gasteiger partial charge in [-0.3, -0.25) is 4.98 Å². The van der Waals surface area contributed by atoms with Crippen molar-refractivity contribution >= 4 is 0 Å². The summed E-state index contributed by atoms with van der Waals surface area (Å²) < 4.78 is 1.88. The van der Waals surface area contributed by atoms with Gasteiger partial charge >= 0.3 is 0 Å². The van der Waals surface area contributed by atoms with Crippen LogP contribution in [-0.2, 0) is 13.0 Å². The van der Waals surface area contributed by atoms with E-state index in [1.54, 1.807) is 18.7 Å². The molecule has 2 rings (SSSR count). The van der Waals surface area contributed by atoms with E-state index in [0.29, 0.717) is 0 Å². The molecule has 0 bridgehead atoms. The van der Waals surface area contributed by atoms with Gasteiger partial charge in [-0.2, -0.15) is 5.10 Å². The van der Waals surface area contributed by atoms with Gasteiger partial charge in [0.2, 0.25) is 0 Å². The van der Waals surface area contributed by atoms with Crippen LogP contribution in [0.3, 0.4) is 0 Å². The molecule has 0 aliphatic rings. The molecule has 0 saturated carbocycles. The Morgan fingerprint density at radius 1 is 1.35 bits per heavy atom. The number of pyridine rings is 1. The number of hydrogen-bond acceptors (Lipinski definition) is 4. The summed E-state index contributed by atoms with van der Waals surface area (Å²) in [6.45, 7) is 2.97. The summed E-state index contributed by atoms with van der Waals surface area (Å²) in [6.07, 6.45) is 6.90. The van der Waals surface area contributed by atoms with E-state index in [1.807, 2.05) is 16.8 Å². The van der Waals surface area contributed by atoms with Gasteiger partial charge in [0, 0.05) is 18.9 Å². The average Bonchev–Trinajstić information content (AvgIpc) is 2.79. The van der Waals surface area contributed by atoms with Crippen LogP contribution in [0.1, 0.15) is 30.8 Å². The standard InChI is InChI=1S/C12H17N5/c1-2-7-17-12(15-9-16-17)11(13)8-10-3-5-14-6-4-10/h3-6,9,11H,2,7-8,13H2,1H3. The molecule has 0 spiro atoms. The van der Waals surface area contributed by atoms with E-state index in [2.05, 4.69) is 22.0 Å². The second-order valence-electron chi connectivity index (χ2n) is 4.01. The fraction of sp³-hybridized carbons (Fsp3) is 0.417. The molecule has 0 aliphatic heterocycles. The minimum absolute atomic E-state index is 0.119. The highest BCUT2D eigenvalue weighted by Crippen LogP contribution is 2.13. The lowest BCUT2D eigenvalue weighted by molar-refractivity contribution is 0.528. The van der Waals surface area contributed by atoms with Crippen molar-refractivity contribution in [3.05, 3.63) is 42.2 Å². The van der Waals surface area contributed by atoms with E-state index in [1.165, 1.54) is 5.56 Å². The lowest BCUT2D eigenvalue weighted by atomic mass is 10.1. The summed E-state index contributed by atoms with van der Waals surface area (Å²) >= 11 is 0. The highest BCUT2D eigenvalue weighted by molar-refractivity contribution is 5.13. The first-order chi connectivity index (χ1) is 8.31. The summed E-state index contributed by atoms with van der Waals surface area (Å²) in [6, 6.07) is 3.83. The van der Waals surface area contributed by atoms with E-state index in [0.717, 1.165) is 25.2 Å². The summed E-state index contributed by atoms with van der Waals surface area (Å²) in [5.74, 6) is 0.851. The third kappa shape index (κ3) is 2.88. The van der Waals surface area contributed by atoms with Crippen molar-refractivity contribution in [3.8, 4) is 0 Å². The van der Waals surface area contributed by atoms with Crippen molar-refractivity contribution in [3.63, 3.8) is 0 Å². The first-order valence-electron chi connectivity index (χ1n) is 5.83. The van der Waals surface area contributed by atoms with Crippen molar-refractivity contribution < 1.29 is 0 Å². The fourth-order valence-electron chi connectivity index (χ4n) is 1.81. The van der Waals surface area contributed by atoms with Crippen LogP contribution in [0, 0.1) is 0 Å². The van der Waals surface area contributed by atoms with E-state index in [-0.39, 0.29) is 6.04 Å². The molecule has 0 saturated heterocycles. The quantitative estimate of drug-likeness (QED) is 0.842. The Kier molecular flexibility index (Phi) is 3.82. The minimum Gasteiger partial charge on any atom is -0.321 e. The van der Waals surface area contributed by atoms with Gasteiger partial charge < -0.3 is 5.73 Å². The highest BCUT2D eigenvalue weighted by atomic mass is 15.3. The number of aryl methyl sites for hydroxylation is 1. The van der Waals surface area contributed by atoms with Crippen molar-refractivity contribution in [2.45, 2.75) is 32.4 Å². The molecule has 0 aromatic carbocycles. The summed E-state index contributed by atoms with van der Waals surface area (Å²) in [4.78, 5) is 8.23. The van der Waals surface area contributed by atoms with E-state index in [9.17, 15) is 0 Å². The first-order valence-corrected chi connectivity index (χ1v) is 5.83. The van der Waals surface area contributed by atoms with Crippen LogP contribution >= 0.6 is 0 Å². The van der Waals surface area contributed by atoms with Gasteiger partial charge in [0.05, 0.1) is 6.04 Å². The fourth-order valence-corrected chi connectivity index (χ4v) is 1.81. The number of nitrogens with two attached hydrogens (primary N) is 1. The Balaban J connectivity index is 2.09. The number of rotatable bonds is 5. The third-order valence-corrected chi connectivity index (χ3v) is 2.62. The minimum atomic E-state index is -0.119. The molecule has 0 fully saturated rings. The van der Waals surface area contributed by atoms with Crippen molar-refractivity contribution in [2.24, 2.45) is 5.73 Å². The van der Waals surface area contributed by atoms with E-state index >= 15 is 0 Å². The highest BCUT2D eigenvalue weighted by Gasteiger charge is 2.13. The lowest BCUT2D eigenvalue weighted by Gasteiger charge is -2.12. The maximum Gasteiger partial charge on any atom is 0.144 e. The SMILES string of the molecule is CCCn1ncnc1C(N)Cc1ccncc1. The zero-order valence-electron chi connectivity index (χ0n) is 9.95. The van der Waals surface area contributed by atoms with Gasteiger partial charge in [0.1, 0.15) is 12.2 Å². The topological polar surface area (TPSA) is 69.6 Å². The van der Waals surface area contributed by atoms with Crippen LogP contribution in [-0.4, -0.2) is 19.7 Å². The maximum absolute atomic E-state index is 6.16. The van der Waals surface area contributed by atoms with Gasteiger partial charge in [-0.1, -0.05) is 6.92 Å². The Labute approximate surface area is 101 Å². The van der Waals surface area contributed by atoms with Crippen LogP contribution in [0.15, 0.2) is 30.9 Å². The number of hydrogen-bond donors (Lipinski definition) is 1. The predicted molar refractivity (Wildman–Crippen MR) is 65.2 cm³/mol. The molecular weight excluding hydrogens is 214 g/mol. The summed E-state index contributed by atoms with van der Waals surface area (Å²) in [7, 11) is 0. The molecule has 0 radical (unpaired) electrons. The van der Waals surface area contributed by atoms with Crippen LogP contribution in [0.5, 0.6) is 0 Å². The van der Waals surface area contributed by atoms with Crippen molar-refractivity contribution in [2.75, 3.05) is 0 Å². The smallest absolute Gasteiger partial charge is 0.144 e. The zero-order chi connectivity index (χ0) is 12.1. The van der Waals surface area contributed by atoms with E-state index in [4.69, 9.17) is 5.73 Å². The molecule has 5 heteroatoms. The molecule has 2 aromatic heterocycles. The average molecular weight is 231 g/mol. The second kappa shape index (κ2) is 5.54. The second-order valence-corrected chi connectivity index (χ2v) is 4.01. The molecule has 5 nitrogen and oxygen atoms in total. The third-order valence-electron chi connectivity index (χ3n) is 2.62. The molecule has 0 aliphatic carbocycles. The summed E-state index contributed by atoms with van der Waals surface area (Å²) in [5, 5.41) is 4.18. The Morgan fingerprint density at radius 2 is 2.12 bits per heavy atom. The van der Waals surface area contributed by atoms with Gasteiger partial charge in [0.15, 0.2) is 0 Å². The Bertz CT molecular complexity index is 451. The van der Waals surface area contributed by atoms with Crippen molar-refractivity contribution in [1.82, 2.24) is 19.7 Å². The molecule has 2 heterocycles. The van der Waals surface area contributed by atoms with Gasteiger partial charge in [-0.15, -0.1) is 0 Å². The Hall–Kier alpha value is -1.75. The molecule has 1 atom stereocenters. The largest absolute Gasteiger partial charge is 0.321 e. The number of nitrogens with zero attached hydrogens (tertiary/aromatic N) is 4. The van der Waals surface area contributed by atoms with Crippen molar-refractivity contribution in [1.29, 1.82) is 0 Å². The number of aromatic nitrogens is 4. The Morgan fingerprint density at radius 3 is 2.82 bits per heavy atom. The zero-order valence-corrected chi connectivity index (χ0v) is 9.95. The normalized spacial score (nSPS) is 12.6. The van der Waals surface area contributed by atoms with Crippen LogP contribution < -0.4 is 5.73 Å². The summed E-state index contributed by atoms with van der Waals surface area (Å²) in [5.41, 5.74) is 7.32. The van der Waals surface area contributed by atoms with Gasteiger partial charge in [-0.25, -0.2) is 9.67 Å². The predicted octanol–water partition coefficient (Wildman–Crippen LogP) is 1.33. The lowest BCUT2D eigenvalue weighted by Crippen LogP contribution is -2.19. The maximum atomic E-state index is 6.16. The van der Waals surface area contributed by atoms with Gasteiger partial charge in [0.25, 0.3) is 0 Å². The molecule has 17 heavy (non-hydrogen) atoms. The molecule has 90 valence electrons. The van der Waals surface area contributed by atoms with Crippen LogP contribution in [0.25, 0.3) is 0 Å². The van der Waals surface area contributed by atoms with Crippen LogP contribution in [0.4, 0.5) is 0 Å². The monoisotopic (exact) mass is 231 g/mol. The van der Waals surface area contributed by atoms with Gasteiger partial charge in [-0.05, 0) is 30.5 Å².